The van der Waals surface area contributed by atoms with Crippen molar-refractivity contribution in [3.63, 3.8) is 0 Å². The van der Waals surface area contributed by atoms with E-state index in [-0.39, 0.29) is 17.1 Å². The lowest BCUT2D eigenvalue weighted by molar-refractivity contribution is -0.0422. The van der Waals surface area contributed by atoms with Gasteiger partial charge in [0.1, 0.15) is 35.0 Å². The zero-order chi connectivity index (χ0) is 21.1. The van der Waals surface area contributed by atoms with Crippen molar-refractivity contribution >= 4 is 5.78 Å². The molecule has 1 aromatic carbocycles. The highest BCUT2D eigenvalue weighted by Gasteiger charge is 2.39. The maximum Gasteiger partial charge on any atom is 0.167 e. The summed E-state index contributed by atoms with van der Waals surface area (Å²) in [4.78, 5) is 12.0. The van der Waals surface area contributed by atoms with Gasteiger partial charge < -0.3 is 19.7 Å². The van der Waals surface area contributed by atoms with E-state index in [2.05, 4.69) is 26.8 Å². The molecule has 0 aliphatic carbocycles. The number of ketones is 1. The summed E-state index contributed by atoms with van der Waals surface area (Å²) in [5, 5.41) is 20.8. The summed E-state index contributed by atoms with van der Waals surface area (Å²) in [6.45, 7) is 11.5. The molecule has 0 saturated carbocycles. The summed E-state index contributed by atoms with van der Waals surface area (Å²) in [5.74, 6) is 0.280. The van der Waals surface area contributed by atoms with Crippen molar-refractivity contribution in [2.24, 2.45) is 0 Å². The number of ether oxygens (including phenoxy) is 2. The first kappa shape index (κ1) is 22.0. The number of aliphatic hydroxyl groups excluding tert-OH is 1. The third-order valence-corrected chi connectivity index (χ3v) is 5.00. The van der Waals surface area contributed by atoms with Crippen molar-refractivity contribution in [1.82, 2.24) is 0 Å². The van der Waals surface area contributed by atoms with E-state index in [9.17, 15) is 15.0 Å². The fraction of sp³-hybridized carbons (Fsp3) is 0.522. The first-order valence-corrected chi connectivity index (χ1v) is 9.71. The average molecular weight is 389 g/mol. The van der Waals surface area contributed by atoms with Crippen LogP contribution in [0, 0.1) is 0 Å². The molecule has 5 heteroatoms. The van der Waals surface area contributed by atoms with Crippen LogP contribution < -0.4 is 9.47 Å². The van der Waals surface area contributed by atoms with Crippen molar-refractivity contribution in [1.29, 1.82) is 0 Å². The molecule has 1 heterocycles. The number of hydrogen-bond donors (Lipinski definition) is 2. The maximum atomic E-state index is 12.0. The highest BCUT2D eigenvalue weighted by atomic mass is 16.5. The van der Waals surface area contributed by atoms with Crippen molar-refractivity contribution in [3.05, 3.63) is 40.5 Å². The fourth-order valence-corrected chi connectivity index (χ4v) is 3.17. The fourth-order valence-electron chi connectivity index (χ4n) is 3.17. The molecule has 0 saturated heterocycles. The number of phenolic OH excluding ortho intramolecular Hbond substituents is 1. The number of fused-ring (bicyclic) bond motifs is 1. The van der Waals surface area contributed by atoms with Gasteiger partial charge in [-0.05, 0) is 60.5 Å². The van der Waals surface area contributed by atoms with Crippen LogP contribution in [-0.4, -0.2) is 34.3 Å². The number of aromatic hydroxyl groups is 1. The molecule has 0 aromatic heterocycles. The molecule has 2 rings (SSSR count). The Labute approximate surface area is 167 Å². The molecule has 2 N–H and O–H groups in total. The minimum absolute atomic E-state index is 0.135. The molecular weight excluding hydrogens is 356 g/mol. The van der Waals surface area contributed by atoms with E-state index in [1.807, 2.05) is 6.08 Å². The van der Waals surface area contributed by atoms with E-state index in [1.54, 1.807) is 13.8 Å². The number of benzene rings is 1. The van der Waals surface area contributed by atoms with E-state index in [4.69, 9.17) is 9.47 Å². The molecule has 1 atom stereocenters. The molecule has 0 fully saturated rings. The number of aliphatic hydroxyl groups is 1. The van der Waals surface area contributed by atoms with Gasteiger partial charge >= 0.3 is 0 Å². The lowest BCUT2D eigenvalue weighted by Crippen LogP contribution is -2.46. The van der Waals surface area contributed by atoms with Gasteiger partial charge in [0.15, 0.2) is 5.78 Å². The normalized spacial score (nSPS) is 18.1. The van der Waals surface area contributed by atoms with Gasteiger partial charge in [-0.3, -0.25) is 4.79 Å². The largest absolute Gasteiger partial charge is 0.507 e. The van der Waals surface area contributed by atoms with Crippen LogP contribution in [0.25, 0.3) is 0 Å². The minimum atomic E-state index is -0.857. The van der Waals surface area contributed by atoms with Crippen molar-refractivity contribution in [2.45, 2.75) is 72.5 Å². The van der Waals surface area contributed by atoms with Crippen LogP contribution in [0.4, 0.5) is 0 Å². The lowest BCUT2D eigenvalue weighted by Gasteiger charge is -2.38. The second kappa shape index (κ2) is 8.82. The Hall–Kier alpha value is -2.27. The zero-order valence-corrected chi connectivity index (χ0v) is 17.8. The van der Waals surface area contributed by atoms with Gasteiger partial charge in [-0.2, -0.15) is 0 Å². The van der Waals surface area contributed by atoms with Crippen LogP contribution in [0.1, 0.15) is 70.3 Å². The molecule has 1 aliphatic heterocycles. The molecule has 0 bridgehead atoms. The molecule has 154 valence electrons. The number of carbonyl (C=O) groups excluding carboxylic acids is 1. The van der Waals surface area contributed by atoms with Crippen LogP contribution in [0.5, 0.6) is 17.2 Å². The Morgan fingerprint density at radius 2 is 1.96 bits per heavy atom. The summed E-state index contributed by atoms with van der Waals surface area (Å²) >= 11 is 0. The molecule has 1 aliphatic rings. The number of rotatable bonds is 7. The van der Waals surface area contributed by atoms with Crippen molar-refractivity contribution in [3.8, 4) is 17.2 Å². The van der Waals surface area contributed by atoms with Crippen LogP contribution in [0.2, 0.25) is 0 Å². The number of carbonyl (C=O) groups is 1. The number of phenols is 1. The van der Waals surface area contributed by atoms with Gasteiger partial charge in [0.25, 0.3) is 0 Å². The number of allylic oxidation sites excluding steroid dienone is 3. The lowest BCUT2D eigenvalue weighted by atomic mass is 9.88. The first-order valence-electron chi connectivity index (χ1n) is 9.71. The van der Waals surface area contributed by atoms with Crippen LogP contribution >= 0.6 is 0 Å². The Balaban J connectivity index is 2.25. The topological polar surface area (TPSA) is 76.0 Å². The Morgan fingerprint density at radius 1 is 1.29 bits per heavy atom. The molecule has 0 spiro atoms. The predicted octanol–water partition coefficient (Wildman–Crippen LogP) is 4.74. The highest BCUT2D eigenvalue weighted by Crippen LogP contribution is 2.45. The van der Waals surface area contributed by atoms with E-state index in [1.165, 1.54) is 24.1 Å². The van der Waals surface area contributed by atoms with Gasteiger partial charge in [-0.15, -0.1) is 0 Å². The van der Waals surface area contributed by atoms with Gasteiger partial charge in [-0.25, -0.2) is 0 Å². The minimum Gasteiger partial charge on any atom is -0.507 e. The molecular formula is C23H32O5. The Morgan fingerprint density at radius 3 is 2.57 bits per heavy atom. The molecule has 28 heavy (non-hydrogen) atoms. The molecule has 0 amide bonds. The summed E-state index contributed by atoms with van der Waals surface area (Å²) in [6, 6.07) is 1.44. The molecule has 1 aromatic rings. The van der Waals surface area contributed by atoms with E-state index in [0.717, 1.165) is 12.8 Å². The SMILES string of the molecule is CC(=O)c1c(O)cc(OCC=C(C)CCC=C(C)C)c2c1OC(C)(C)[C@H](O)C2. The Kier molecular flexibility index (Phi) is 6.94. The van der Waals surface area contributed by atoms with E-state index >= 15 is 0 Å². The third kappa shape index (κ3) is 5.16. The average Bonchev–Trinajstić information content (AvgIpc) is 2.55. The highest BCUT2D eigenvalue weighted by molar-refractivity contribution is 6.00. The monoisotopic (exact) mass is 388 g/mol. The summed E-state index contributed by atoms with van der Waals surface area (Å²) in [6.07, 6.45) is 5.70. The van der Waals surface area contributed by atoms with Gasteiger partial charge in [0, 0.05) is 18.1 Å². The standard InChI is InChI=1S/C23H32O5/c1-14(2)8-7-9-15(3)10-11-27-19-13-18(25)21(16(4)24)22-17(19)12-20(26)23(5,6)28-22/h8,10,13,20,25-26H,7,9,11-12H2,1-6H3/t20-/m1/s1. The van der Waals surface area contributed by atoms with E-state index in [0.29, 0.717) is 30.1 Å². The summed E-state index contributed by atoms with van der Waals surface area (Å²) in [7, 11) is 0. The molecule has 0 radical (unpaired) electrons. The zero-order valence-electron chi connectivity index (χ0n) is 17.8. The smallest absolute Gasteiger partial charge is 0.167 e. The number of Topliss-reactive ketones (excluding diaryl/α,β-unsaturated/α-hetero) is 1. The number of hydrogen-bond acceptors (Lipinski definition) is 5. The molecule has 0 unspecified atom stereocenters. The first-order chi connectivity index (χ1) is 13.0. The summed E-state index contributed by atoms with van der Waals surface area (Å²) in [5.41, 5.74) is 2.41. The van der Waals surface area contributed by atoms with Crippen LogP contribution in [0.3, 0.4) is 0 Å². The predicted molar refractivity (Wildman–Crippen MR) is 110 cm³/mol. The Bertz CT molecular complexity index is 798. The molecule has 5 nitrogen and oxygen atoms in total. The summed E-state index contributed by atoms with van der Waals surface area (Å²) < 4.78 is 11.8. The van der Waals surface area contributed by atoms with Gasteiger partial charge in [0.2, 0.25) is 0 Å². The third-order valence-electron chi connectivity index (χ3n) is 5.00. The quantitative estimate of drug-likeness (QED) is 0.521. The van der Waals surface area contributed by atoms with Gasteiger partial charge in [0.05, 0.1) is 6.10 Å². The van der Waals surface area contributed by atoms with Crippen LogP contribution in [0.15, 0.2) is 29.4 Å². The second-order valence-corrected chi connectivity index (χ2v) is 8.24. The maximum absolute atomic E-state index is 12.0. The van der Waals surface area contributed by atoms with Crippen molar-refractivity contribution < 1.29 is 24.5 Å². The van der Waals surface area contributed by atoms with Crippen molar-refractivity contribution in [2.75, 3.05) is 6.61 Å². The van der Waals surface area contributed by atoms with Gasteiger partial charge in [-0.1, -0.05) is 17.2 Å². The van der Waals surface area contributed by atoms with E-state index < -0.39 is 11.7 Å². The second-order valence-electron chi connectivity index (χ2n) is 8.24. The van der Waals surface area contributed by atoms with Crippen LogP contribution in [-0.2, 0) is 6.42 Å².